The molecule has 0 aliphatic carbocycles. The Kier molecular flexibility index (Phi) is 7.70. The van der Waals surface area contributed by atoms with E-state index in [0.717, 1.165) is 41.9 Å². The molecule has 5 rings (SSSR count). The second kappa shape index (κ2) is 11.5. The molecule has 3 aromatic carbocycles. The summed E-state index contributed by atoms with van der Waals surface area (Å²) in [5, 5.41) is 6.97. The van der Waals surface area contributed by atoms with Crippen molar-refractivity contribution in [1.82, 2.24) is 15.0 Å². The van der Waals surface area contributed by atoms with Crippen LogP contribution in [-0.4, -0.2) is 54.3 Å². The fourth-order valence-electron chi connectivity index (χ4n) is 4.71. The van der Waals surface area contributed by atoms with Crippen molar-refractivity contribution in [3.63, 3.8) is 0 Å². The summed E-state index contributed by atoms with van der Waals surface area (Å²) < 4.78 is 16.5. The molecule has 1 fully saturated rings. The minimum Gasteiger partial charge on any atom is -0.493 e. The number of methoxy groups -OCH3 is 1. The molecule has 1 saturated heterocycles. The fraction of sp³-hybridized carbons (Fsp3) is 0.300. The number of ether oxygens (including phenoxy) is 2. The van der Waals surface area contributed by atoms with E-state index in [0.29, 0.717) is 41.1 Å². The van der Waals surface area contributed by atoms with Crippen LogP contribution in [0.1, 0.15) is 34.7 Å². The summed E-state index contributed by atoms with van der Waals surface area (Å²) in [6, 6.07) is 19.1. The highest BCUT2D eigenvalue weighted by Crippen LogP contribution is 2.31. The second-order valence-electron chi connectivity index (χ2n) is 9.46. The van der Waals surface area contributed by atoms with Gasteiger partial charge in [0.25, 0.3) is 5.91 Å². The van der Waals surface area contributed by atoms with Crippen LogP contribution in [0.2, 0.25) is 0 Å². The molecule has 4 aromatic rings. The lowest BCUT2D eigenvalue weighted by Gasteiger charge is -2.17. The molecular weight excluding hydrogens is 480 g/mol. The largest absolute Gasteiger partial charge is 0.493 e. The lowest BCUT2D eigenvalue weighted by molar-refractivity contribution is 0.102. The molecule has 0 atom stereocenters. The predicted molar refractivity (Wildman–Crippen MR) is 147 cm³/mol. The van der Waals surface area contributed by atoms with E-state index in [2.05, 4.69) is 20.4 Å². The normalized spacial score (nSPS) is 13.4. The Balaban J connectivity index is 1.24. The molecule has 1 amide bonds. The van der Waals surface area contributed by atoms with Gasteiger partial charge in [-0.2, -0.15) is 4.98 Å². The Morgan fingerprint density at radius 1 is 0.974 bits per heavy atom. The Hall–Kier alpha value is -4.17. The standard InChI is InChI=1S/C30H32N4O4/c1-20-18-24(29-31-21(2)38-33-29)10-12-26(20)22-6-8-23(9-7-22)30(35)32-25-11-13-27(36-3)28(19-25)37-17-16-34-14-4-5-15-34/h6-13,18-19H,4-5,14-17H2,1-3H3,(H,32,35). The number of carbonyl (C=O) groups excluding carboxylic acids is 1. The molecule has 8 nitrogen and oxygen atoms in total. The van der Waals surface area contributed by atoms with Gasteiger partial charge in [-0.05, 0) is 79.9 Å². The zero-order valence-electron chi connectivity index (χ0n) is 22.0. The van der Waals surface area contributed by atoms with Crippen LogP contribution in [0.3, 0.4) is 0 Å². The third-order valence-corrected chi connectivity index (χ3v) is 6.76. The lowest BCUT2D eigenvalue weighted by atomic mass is 9.97. The van der Waals surface area contributed by atoms with Crippen LogP contribution in [0.5, 0.6) is 11.5 Å². The second-order valence-corrected chi connectivity index (χ2v) is 9.46. The summed E-state index contributed by atoms with van der Waals surface area (Å²) in [6.45, 7) is 7.52. The number of hydrogen-bond acceptors (Lipinski definition) is 7. The number of likely N-dealkylation sites (tertiary alicyclic amines) is 1. The first-order valence-corrected chi connectivity index (χ1v) is 12.9. The Morgan fingerprint density at radius 3 is 2.42 bits per heavy atom. The summed E-state index contributed by atoms with van der Waals surface area (Å²) in [6.07, 6.45) is 2.50. The van der Waals surface area contributed by atoms with E-state index < -0.39 is 0 Å². The van der Waals surface area contributed by atoms with Gasteiger partial charge in [-0.15, -0.1) is 0 Å². The van der Waals surface area contributed by atoms with Crippen molar-refractivity contribution in [3.05, 3.63) is 77.7 Å². The van der Waals surface area contributed by atoms with Gasteiger partial charge in [0, 0.05) is 36.3 Å². The van der Waals surface area contributed by atoms with Crippen LogP contribution < -0.4 is 14.8 Å². The maximum atomic E-state index is 13.0. The van der Waals surface area contributed by atoms with Crippen LogP contribution in [0.4, 0.5) is 5.69 Å². The molecule has 1 N–H and O–H groups in total. The van der Waals surface area contributed by atoms with E-state index in [4.69, 9.17) is 14.0 Å². The third-order valence-electron chi connectivity index (χ3n) is 6.76. The molecule has 0 bridgehead atoms. The predicted octanol–water partition coefficient (Wildman–Crippen LogP) is 5.76. The van der Waals surface area contributed by atoms with Crippen LogP contribution in [-0.2, 0) is 0 Å². The molecule has 0 unspecified atom stereocenters. The van der Waals surface area contributed by atoms with Gasteiger partial charge in [0.15, 0.2) is 11.5 Å². The number of aromatic nitrogens is 2. The van der Waals surface area contributed by atoms with E-state index in [9.17, 15) is 4.79 Å². The third kappa shape index (κ3) is 5.86. The van der Waals surface area contributed by atoms with Gasteiger partial charge in [0.1, 0.15) is 6.61 Å². The first kappa shape index (κ1) is 25.5. The first-order chi connectivity index (χ1) is 18.5. The van der Waals surface area contributed by atoms with E-state index in [1.165, 1.54) is 12.8 Å². The highest BCUT2D eigenvalue weighted by atomic mass is 16.5. The van der Waals surface area contributed by atoms with Crippen LogP contribution in [0.15, 0.2) is 65.2 Å². The van der Waals surface area contributed by atoms with Crippen molar-refractivity contribution in [2.75, 3.05) is 38.7 Å². The van der Waals surface area contributed by atoms with E-state index in [1.807, 2.05) is 67.6 Å². The van der Waals surface area contributed by atoms with Gasteiger partial charge in [0.2, 0.25) is 11.7 Å². The van der Waals surface area contributed by atoms with Gasteiger partial charge in [-0.1, -0.05) is 29.4 Å². The van der Waals surface area contributed by atoms with Crippen LogP contribution in [0, 0.1) is 13.8 Å². The van der Waals surface area contributed by atoms with Gasteiger partial charge in [0.05, 0.1) is 7.11 Å². The number of carbonyl (C=O) groups is 1. The smallest absolute Gasteiger partial charge is 0.255 e. The van der Waals surface area contributed by atoms with Gasteiger partial charge in [-0.25, -0.2) is 0 Å². The summed E-state index contributed by atoms with van der Waals surface area (Å²) in [7, 11) is 1.61. The molecule has 1 aliphatic rings. The summed E-state index contributed by atoms with van der Waals surface area (Å²) in [5.74, 6) is 2.18. The van der Waals surface area contributed by atoms with Gasteiger partial charge < -0.3 is 19.3 Å². The molecule has 0 spiro atoms. The van der Waals surface area contributed by atoms with E-state index in [1.54, 1.807) is 14.0 Å². The number of amides is 1. The zero-order valence-corrected chi connectivity index (χ0v) is 22.0. The van der Waals surface area contributed by atoms with Crippen LogP contribution >= 0.6 is 0 Å². The summed E-state index contributed by atoms with van der Waals surface area (Å²) >= 11 is 0. The molecule has 196 valence electrons. The average molecular weight is 513 g/mol. The zero-order chi connectivity index (χ0) is 26.5. The Bertz CT molecular complexity index is 1410. The highest BCUT2D eigenvalue weighted by molar-refractivity contribution is 6.04. The van der Waals surface area contributed by atoms with Crippen molar-refractivity contribution >= 4 is 11.6 Å². The SMILES string of the molecule is COc1ccc(NC(=O)c2ccc(-c3ccc(-c4noc(C)n4)cc3C)cc2)cc1OCCN1CCCC1. The number of hydrogen-bond donors (Lipinski definition) is 1. The molecule has 38 heavy (non-hydrogen) atoms. The monoisotopic (exact) mass is 512 g/mol. The molecule has 8 heteroatoms. The average Bonchev–Trinajstić information content (AvgIpc) is 3.61. The summed E-state index contributed by atoms with van der Waals surface area (Å²) in [5.41, 5.74) is 5.30. The Morgan fingerprint density at radius 2 is 1.74 bits per heavy atom. The van der Waals surface area contributed by atoms with E-state index in [-0.39, 0.29) is 5.91 Å². The summed E-state index contributed by atoms with van der Waals surface area (Å²) in [4.78, 5) is 19.7. The maximum Gasteiger partial charge on any atom is 0.255 e. The number of nitrogens with zero attached hydrogens (tertiary/aromatic N) is 3. The van der Waals surface area contributed by atoms with Crippen molar-refractivity contribution in [1.29, 1.82) is 0 Å². The van der Waals surface area contributed by atoms with E-state index >= 15 is 0 Å². The van der Waals surface area contributed by atoms with Crippen molar-refractivity contribution < 1.29 is 18.8 Å². The molecule has 1 aliphatic heterocycles. The first-order valence-electron chi connectivity index (χ1n) is 12.9. The number of nitrogens with one attached hydrogen (secondary N) is 1. The number of anilines is 1. The van der Waals surface area contributed by atoms with Gasteiger partial charge >= 0.3 is 0 Å². The lowest BCUT2D eigenvalue weighted by Crippen LogP contribution is -2.25. The molecule has 0 saturated carbocycles. The van der Waals surface area contributed by atoms with Crippen LogP contribution in [0.25, 0.3) is 22.5 Å². The molecule has 1 aromatic heterocycles. The maximum absolute atomic E-state index is 13.0. The minimum atomic E-state index is -0.190. The highest BCUT2D eigenvalue weighted by Gasteiger charge is 2.14. The van der Waals surface area contributed by atoms with Crippen molar-refractivity contribution in [3.8, 4) is 34.0 Å². The molecule has 2 heterocycles. The number of benzene rings is 3. The van der Waals surface area contributed by atoms with Gasteiger partial charge in [-0.3, -0.25) is 9.69 Å². The fourth-order valence-corrected chi connectivity index (χ4v) is 4.71. The topological polar surface area (TPSA) is 89.7 Å². The van der Waals surface area contributed by atoms with Crippen molar-refractivity contribution in [2.45, 2.75) is 26.7 Å². The van der Waals surface area contributed by atoms with Crippen molar-refractivity contribution in [2.24, 2.45) is 0 Å². The number of rotatable bonds is 9. The Labute approximate surface area is 222 Å². The minimum absolute atomic E-state index is 0.190. The quantitative estimate of drug-likeness (QED) is 0.305. The number of aryl methyl sites for hydroxylation is 2. The molecule has 0 radical (unpaired) electrons. The molecular formula is C30H32N4O4.